The fraction of sp³-hybridized carbons (Fsp3) is 0.625. The van der Waals surface area contributed by atoms with E-state index in [1.807, 2.05) is 11.8 Å². The van der Waals surface area contributed by atoms with Crippen LogP contribution in [0.15, 0.2) is 35.2 Å². The topological polar surface area (TPSA) is 26.7 Å². The van der Waals surface area contributed by atoms with Crippen molar-refractivity contribution in [1.29, 1.82) is 0 Å². The average molecular weight is 294 g/mol. The van der Waals surface area contributed by atoms with Crippen molar-refractivity contribution in [2.45, 2.75) is 24.3 Å². The van der Waals surface area contributed by atoms with Crippen molar-refractivity contribution in [3.63, 3.8) is 0 Å². The van der Waals surface area contributed by atoms with Crippen LogP contribution in [-0.4, -0.2) is 66.0 Å². The highest BCUT2D eigenvalue weighted by Gasteiger charge is 2.21. The first-order chi connectivity index (χ1) is 9.83. The minimum absolute atomic E-state index is 0.292. The van der Waals surface area contributed by atoms with Crippen LogP contribution in [0.1, 0.15) is 13.3 Å². The third kappa shape index (κ3) is 4.77. The average Bonchev–Trinajstić information content (AvgIpc) is 2.51. The van der Waals surface area contributed by atoms with Crippen LogP contribution in [0.2, 0.25) is 0 Å². The van der Waals surface area contributed by atoms with Crippen LogP contribution < -0.4 is 0 Å². The predicted molar refractivity (Wildman–Crippen MR) is 86.3 cm³/mol. The van der Waals surface area contributed by atoms with Crippen molar-refractivity contribution < 1.29 is 5.11 Å². The molecular formula is C16H26N2OS. The van der Waals surface area contributed by atoms with E-state index in [-0.39, 0.29) is 0 Å². The van der Waals surface area contributed by atoms with Crippen molar-refractivity contribution in [2.24, 2.45) is 0 Å². The van der Waals surface area contributed by atoms with Crippen LogP contribution in [0.3, 0.4) is 0 Å². The molecule has 1 heterocycles. The van der Waals surface area contributed by atoms with E-state index in [9.17, 15) is 5.11 Å². The summed E-state index contributed by atoms with van der Waals surface area (Å²) in [6, 6.07) is 11.0. The number of nitrogens with zero attached hydrogens (tertiary/aromatic N) is 2. The maximum absolute atomic E-state index is 9.35. The first-order valence-corrected chi connectivity index (χ1v) is 8.57. The Balaban J connectivity index is 1.65. The van der Waals surface area contributed by atoms with Gasteiger partial charge >= 0.3 is 0 Å². The van der Waals surface area contributed by atoms with E-state index >= 15 is 0 Å². The zero-order chi connectivity index (χ0) is 14.2. The molecule has 1 saturated heterocycles. The number of aliphatic hydroxyl groups excluding tert-OH is 1. The molecule has 0 aromatic heterocycles. The van der Waals surface area contributed by atoms with Gasteiger partial charge in [0.25, 0.3) is 0 Å². The van der Waals surface area contributed by atoms with Gasteiger partial charge in [-0.05, 0) is 18.6 Å². The molecule has 0 saturated carbocycles. The van der Waals surface area contributed by atoms with Crippen LogP contribution in [0.4, 0.5) is 0 Å². The molecule has 4 heteroatoms. The van der Waals surface area contributed by atoms with Crippen molar-refractivity contribution in [3.05, 3.63) is 30.3 Å². The highest BCUT2D eigenvalue weighted by molar-refractivity contribution is 7.99. The second-order valence-corrected chi connectivity index (χ2v) is 6.45. The fourth-order valence-electron chi connectivity index (χ4n) is 2.66. The van der Waals surface area contributed by atoms with Crippen LogP contribution in [-0.2, 0) is 0 Å². The van der Waals surface area contributed by atoms with Gasteiger partial charge in [-0.15, -0.1) is 11.8 Å². The van der Waals surface area contributed by atoms with Gasteiger partial charge in [0.15, 0.2) is 0 Å². The summed E-state index contributed by atoms with van der Waals surface area (Å²) in [5, 5.41) is 9.35. The lowest BCUT2D eigenvalue weighted by Gasteiger charge is -2.38. The molecular weight excluding hydrogens is 268 g/mol. The van der Waals surface area contributed by atoms with Gasteiger partial charge in [-0.25, -0.2) is 0 Å². The Bertz CT molecular complexity index is 362. The number of piperazine rings is 1. The number of thioether (sulfide) groups is 1. The number of rotatable bonds is 7. The normalized spacial score (nSPS) is 19.1. The molecule has 0 aliphatic carbocycles. The molecule has 20 heavy (non-hydrogen) atoms. The number of aliphatic hydroxyl groups is 1. The maximum atomic E-state index is 9.35. The number of hydrogen-bond acceptors (Lipinski definition) is 4. The van der Waals surface area contributed by atoms with Gasteiger partial charge in [0.2, 0.25) is 0 Å². The minimum Gasteiger partial charge on any atom is -0.395 e. The summed E-state index contributed by atoms with van der Waals surface area (Å²) in [5.74, 6) is 1.15. The molecule has 0 bridgehead atoms. The number of hydrogen-bond donors (Lipinski definition) is 1. The van der Waals surface area contributed by atoms with Gasteiger partial charge in [0.05, 0.1) is 6.61 Å². The minimum atomic E-state index is 0.292. The highest BCUT2D eigenvalue weighted by atomic mass is 32.2. The lowest BCUT2D eigenvalue weighted by atomic mass is 10.1. The van der Waals surface area contributed by atoms with Gasteiger partial charge in [-0.3, -0.25) is 9.80 Å². The molecule has 0 amide bonds. The van der Waals surface area contributed by atoms with E-state index in [0.717, 1.165) is 44.9 Å². The second kappa shape index (κ2) is 8.67. The molecule has 0 spiro atoms. The maximum Gasteiger partial charge on any atom is 0.0586 e. The number of benzene rings is 1. The van der Waals surface area contributed by atoms with Crippen LogP contribution in [0.5, 0.6) is 0 Å². The van der Waals surface area contributed by atoms with E-state index in [0.29, 0.717) is 12.6 Å². The summed E-state index contributed by atoms with van der Waals surface area (Å²) >= 11 is 1.93. The molecule has 0 radical (unpaired) electrons. The third-order valence-electron chi connectivity index (χ3n) is 4.02. The summed E-state index contributed by atoms with van der Waals surface area (Å²) in [7, 11) is 0. The predicted octanol–water partition coefficient (Wildman–Crippen LogP) is 2.17. The van der Waals surface area contributed by atoms with Crippen molar-refractivity contribution >= 4 is 11.8 Å². The molecule has 1 aromatic carbocycles. The Labute approximate surface area is 127 Å². The fourth-order valence-corrected chi connectivity index (χ4v) is 3.60. The Kier molecular flexibility index (Phi) is 6.87. The third-order valence-corrected chi connectivity index (χ3v) is 5.02. The second-order valence-electron chi connectivity index (χ2n) is 5.28. The SMILES string of the molecule is CCC(CO)N1CCN(CCSc2ccccc2)CC1. The quantitative estimate of drug-likeness (QED) is 0.780. The summed E-state index contributed by atoms with van der Waals surface area (Å²) in [5.41, 5.74) is 0. The molecule has 1 N–H and O–H groups in total. The van der Waals surface area contributed by atoms with Crippen molar-refractivity contribution in [3.8, 4) is 0 Å². The summed E-state index contributed by atoms with van der Waals surface area (Å²) in [6.45, 7) is 8.05. The summed E-state index contributed by atoms with van der Waals surface area (Å²) in [6.07, 6.45) is 1.04. The van der Waals surface area contributed by atoms with Crippen LogP contribution in [0, 0.1) is 0 Å². The Hall–Kier alpha value is -0.550. The van der Waals surface area contributed by atoms with E-state index in [2.05, 4.69) is 47.1 Å². The molecule has 1 atom stereocenters. The van der Waals surface area contributed by atoms with Gasteiger partial charge < -0.3 is 5.11 Å². The zero-order valence-electron chi connectivity index (χ0n) is 12.4. The molecule has 112 valence electrons. The smallest absolute Gasteiger partial charge is 0.0586 e. The zero-order valence-corrected chi connectivity index (χ0v) is 13.2. The van der Waals surface area contributed by atoms with Gasteiger partial charge in [0.1, 0.15) is 0 Å². The molecule has 1 fully saturated rings. The van der Waals surface area contributed by atoms with Crippen molar-refractivity contribution in [1.82, 2.24) is 9.80 Å². The Morgan fingerprint density at radius 1 is 1.15 bits per heavy atom. The standard InChI is InChI=1S/C16H26N2OS/c1-2-15(14-19)18-10-8-17(9-11-18)12-13-20-16-6-4-3-5-7-16/h3-7,15,19H,2,8-14H2,1H3. The lowest BCUT2D eigenvalue weighted by Crippen LogP contribution is -2.51. The monoisotopic (exact) mass is 294 g/mol. The van der Waals surface area contributed by atoms with Crippen LogP contribution in [0.25, 0.3) is 0 Å². The van der Waals surface area contributed by atoms with Gasteiger partial charge in [-0.2, -0.15) is 0 Å². The molecule has 1 aromatic rings. The Morgan fingerprint density at radius 3 is 2.45 bits per heavy atom. The Morgan fingerprint density at radius 2 is 1.85 bits per heavy atom. The van der Waals surface area contributed by atoms with E-state index < -0.39 is 0 Å². The molecule has 1 aliphatic rings. The van der Waals surface area contributed by atoms with E-state index in [4.69, 9.17) is 0 Å². The lowest BCUT2D eigenvalue weighted by molar-refractivity contribution is 0.0661. The van der Waals surface area contributed by atoms with Crippen molar-refractivity contribution in [2.75, 3.05) is 45.1 Å². The summed E-state index contributed by atoms with van der Waals surface area (Å²) < 4.78 is 0. The molecule has 1 unspecified atom stereocenters. The van der Waals surface area contributed by atoms with E-state index in [1.165, 1.54) is 4.90 Å². The molecule has 3 nitrogen and oxygen atoms in total. The van der Waals surface area contributed by atoms with Gasteiger partial charge in [-0.1, -0.05) is 25.1 Å². The first-order valence-electron chi connectivity index (χ1n) is 7.58. The molecule has 2 rings (SSSR count). The largest absolute Gasteiger partial charge is 0.395 e. The summed E-state index contributed by atoms with van der Waals surface area (Å²) in [4.78, 5) is 6.33. The van der Waals surface area contributed by atoms with Crippen LogP contribution >= 0.6 is 11.8 Å². The molecule has 1 aliphatic heterocycles. The van der Waals surface area contributed by atoms with Gasteiger partial charge in [0, 0.05) is 49.4 Å². The first kappa shape index (κ1) is 15.8. The van der Waals surface area contributed by atoms with E-state index in [1.54, 1.807) is 0 Å². The highest BCUT2D eigenvalue weighted by Crippen LogP contribution is 2.17.